The first-order valence-corrected chi connectivity index (χ1v) is 6.18. The predicted molar refractivity (Wildman–Crippen MR) is 63.8 cm³/mol. The molecule has 0 amide bonds. The molecule has 0 aromatic carbocycles. The number of nitrogens with two attached hydrogens (primary N) is 1. The van der Waals surface area contributed by atoms with Crippen molar-refractivity contribution in [2.75, 3.05) is 20.6 Å². The van der Waals surface area contributed by atoms with E-state index in [4.69, 9.17) is 5.84 Å². The number of hydrogen-bond donors (Lipinski definition) is 1. The van der Waals surface area contributed by atoms with Gasteiger partial charge in [-0.2, -0.15) is 5.84 Å². The van der Waals surface area contributed by atoms with Gasteiger partial charge in [-0.15, -0.1) is 0 Å². The van der Waals surface area contributed by atoms with Gasteiger partial charge in [0, 0.05) is 0 Å². The minimum Gasteiger partial charge on any atom is -0.253 e. The van der Waals surface area contributed by atoms with Crippen molar-refractivity contribution in [3.05, 3.63) is 0 Å². The van der Waals surface area contributed by atoms with E-state index < -0.39 is 0 Å². The molecule has 0 aliphatic carbocycles. The van der Waals surface area contributed by atoms with E-state index in [0.29, 0.717) is 4.59 Å². The second-order valence-electron chi connectivity index (χ2n) is 4.98. The fourth-order valence-corrected chi connectivity index (χ4v) is 1.65. The second-order valence-corrected chi connectivity index (χ2v) is 4.98. The van der Waals surface area contributed by atoms with Gasteiger partial charge < -0.3 is 0 Å². The van der Waals surface area contributed by atoms with E-state index in [1.807, 2.05) is 0 Å². The van der Waals surface area contributed by atoms with Crippen molar-refractivity contribution in [1.29, 1.82) is 0 Å². The Morgan fingerprint density at radius 2 is 1.21 bits per heavy atom. The Kier molecular flexibility index (Phi) is 8.20. The molecule has 0 heterocycles. The normalized spacial score (nSPS) is 12.0. The third kappa shape index (κ3) is 11.9. The Morgan fingerprint density at radius 3 is 1.64 bits per heavy atom. The first-order valence-electron chi connectivity index (χ1n) is 6.18. The van der Waals surface area contributed by atoms with E-state index >= 15 is 0 Å². The summed E-state index contributed by atoms with van der Waals surface area (Å²) in [6.07, 6.45) is 11.0. The molecule has 0 aromatic heterocycles. The molecule has 0 fully saturated rings. The highest BCUT2D eigenvalue weighted by molar-refractivity contribution is 4.45. The highest BCUT2D eigenvalue weighted by Crippen LogP contribution is 2.08. The fraction of sp³-hybridized carbons (Fsp3) is 1.00. The number of quaternary nitrogens is 1. The average Bonchev–Trinajstić information content (AvgIpc) is 2.08. The molecule has 86 valence electrons. The Balaban J connectivity index is 2.99. The van der Waals surface area contributed by atoms with E-state index in [1.165, 1.54) is 51.4 Å². The maximum Gasteiger partial charge on any atom is 0.0955 e. The van der Waals surface area contributed by atoms with Crippen LogP contribution in [0.3, 0.4) is 0 Å². The van der Waals surface area contributed by atoms with Crippen LogP contribution in [-0.2, 0) is 0 Å². The maximum atomic E-state index is 5.85. The van der Waals surface area contributed by atoms with E-state index in [0.717, 1.165) is 6.54 Å². The summed E-state index contributed by atoms with van der Waals surface area (Å²) in [7, 11) is 4.11. The van der Waals surface area contributed by atoms with Crippen molar-refractivity contribution in [2.24, 2.45) is 5.84 Å². The van der Waals surface area contributed by atoms with Gasteiger partial charge in [-0.1, -0.05) is 45.4 Å². The van der Waals surface area contributed by atoms with E-state index in [1.54, 1.807) is 0 Å². The van der Waals surface area contributed by atoms with E-state index in [2.05, 4.69) is 21.0 Å². The van der Waals surface area contributed by atoms with Crippen molar-refractivity contribution in [1.82, 2.24) is 0 Å². The lowest BCUT2D eigenvalue weighted by Gasteiger charge is -2.21. The monoisotopic (exact) mass is 201 g/mol. The van der Waals surface area contributed by atoms with Crippen LogP contribution < -0.4 is 5.84 Å². The molecule has 2 N–H and O–H groups in total. The third-order valence-corrected chi connectivity index (χ3v) is 2.59. The quantitative estimate of drug-likeness (QED) is 0.264. The van der Waals surface area contributed by atoms with E-state index in [-0.39, 0.29) is 0 Å². The molecule has 0 radical (unpaired) electrons. The van der Waals surface area contributed by atoms with Crippen molar-refractivity contribution in [2.45, 2.75) is 58.3 Å². The summed E-state index contributed by atoms with van der Waals surface area (Å²) in [5.74, 6) is 5.85. The molecule has 0 bridgehead atoms. The lowest BCUT2D eigenvalue weighted by molar-refractivity contribution is -0.902. The minimum atomic E-state index is 0.621. The number of unbranched alkanes of at least 4 members (excludes halogenated alkanes) is 7. The molecular weight excluding hydrogens is 172 g/mol. The van der Waals surface area contributed by atoms with Gasteiger partial charge in [0.15, 0.2) is 0 Å². The summed E-state index contributed by atoms with van der Waals surface area (Å²) in [6, 6.07) is 0. The standard InChI is InChI=1S/C12H29N2/c1-4-5-6-7-8-9-10-11-12-14(2,3)13/h4-13H2,1-3H3/q+1. The smallest absolute Gasteiger partial charge is 0.0955 e. The van der Waals surface area contributed by atoms with Crippen LogP contribution in [0.15, 0.2) is 0 Å². The van der Waals surface area contributed by atoms with Crippen molar-refractivity contribution in [3.63, 3.8) is 0 Å². The molecular formula is C12H29N2+. The molecule has 0 atom stereocenters. The highest BCUT2D eigenvalue weighted by Gasteiger charge is 2.06. The van der Waals surface area contributed by atoms with Gasteiger partial charge in [-0.25, -0.2) is 0 Å². The van der Waals surface area contributed by atoms with Gasteiger partial charge in [0.05, 0.1) is 20.6 Å². The summed E-state index contributed by atoms with van der Waals surface area (Å²) in [5, 5.41) is 0. The van der Waals surface area contributed by atoms with Gasteiger partial charge >= 0.3 is 0 Å². The minimum absolute atomic E-state index is 0.621. The Labute approximate surface area is 90.0 Å². The van der Waals surface area contributed by atoms with Crippen LogP contribution in [0, 0.1) is 0 Å². The van der Waals surface area contributed by atoms with E-state index in [9.17, 15) is 0 Å². The van der Waals surface area contributed by atoms with Crippen molar-refractivity contribution in [3.8, 4) is 0 Å². The molecule has 0 aliphatic heterocycles. The Hall–Kier alpha value is -0.0800. The lowest BCUT2D eigenvalue weighted by atomic mass is 10.1. The fourth-order valence-electron chi connectivity index (χ4n) is 1.65. The van der Waals surface area contributed by atoms with Crippen LogP contribution in [0.5, 0.6) is 0 Å². The molecule has 2 nitrogen and oxygen atoms in total. The topological polar surface area (TPSA) is 26.0 Å². The van der Waals surface area contributed by atoms with Crippen LogP contribution in [0.2, 0.25) is 0 Å². The zero-order valence-electron chi connectivity index (χ0n) is 10.4. The van der Waals surface area contributed by atoms with Crippen LogP contribution in [0.1, 0.15) is 58.3 Å². The number of hydrogen-bond acceptors (Lipinski definition) is 1. The SMILES string of the molecule is CCCCCCCCCC[N+](C)(C)N. The van der Waals surface area contributed by atoms with Gasteiger partial charge in [0.25, 0.3) is 0 Å². The molecule has 0 unspecified atom stereocenters. The van der Waals surface area contributed by atoms with Crippen LogP contribution in [-0.4, -0.2) is 25.2 Å². The Bertz CT molecular complexity index is 116. The molecule has 0 aromatic rings. The van der Waals surface area contributed by atoms with Crippen LogP contribution >= 0.6 is 0 Å². The van der Waals surface area contributed by atoms with Gasteiger partial charge in [0.2, 0.25) is 0 Å². The molecule has 2 heteroatoms. The summed E-state index contributed by atoms with van der Waals surface area (Å²) >= 11 is 0. The van der Waals surface area contributed by atoms with Gasteiger partial charge in [-0.3, -0.25) is 4.59 Å². The summed E-state index contributed by atoms with van der Waals surface area (Å²) in [4.78, 5) is 0. The zero-order chi connectivity index (χ0) is 10.9. The Morgan fingerprint density at radius 1 is 0.786 bits per heavy atom. The summed E-state index contributed by atoms with van der Waals surface area (Å²) in [6.45, 7) is 3.37. The van der Waals surface area contributed by atoms with Crippen molar-refractivity contribution >= 4 is 0 Å². The average molecular weight is 201 g/mol. The van der Waals surface area contributed by atoms with Crippen molar-refractivity contribution < 1.29 is 4.59 Å². The largest absolute Gasteiger partial charge is 0.253 e. The van der Waals surface area contributed by atoms with Gasteiger partial charge in [0.1, 0.15) is 0 Å². The third-order valence-electron chi connectivity index (χ3n) is 2.59. The zero-order valence-corrected chi connectivity index (χ0v) is 10.4. The molecule has 0 rings (SSSR count). The highest BCUT2D eigenvalue weighted by atomic mass is 15.5. The molecule has 0 saturated heterocycles. The summed E-state index contributed by atoms with van der Waals surface area (Å²) < 4.78 is 0.621. The summed E-state index contributed by atoms with van der Waals surface area (Å²) in [5.41, 5.74) is 0. The molecule has 0 saturated carbocycles. The molecule has 14 heavy (non-hydrogen) atoms. The second kappa shape index (κ2) is 8.25. The van der Waals surface area contributed by atoms with Crippen LogP contribution in [0.4, 0.5) is 0 Å². The first-order chi connectivity index (χ1) is 6.56. The molecule has 0 spiro atoms. The first kappa shape index (κ1) is 13.9. The lowest BCUT2D eigenvalue weighted by Crippen LogP contribution is -2.47. The number of rotatable bonds is 9. The molecule has 0 aliphatic rings. The van der Waals surface area contributed by atoms with Crippen LogP contribution in [0.25, 0.3) is 0 Å². The van der Waals surface area contributed by atoms with Gasteiger partial charge in [-0.05, 0) is 12.8 Å². The number of nitrogens with zero attached hydrogens (tertiary/aromatic N) is 1. The maximum absolute atomic E-state index is 5.85. The predicted octanol–water partition coefficient (Wildman–Crippen LogP) is 3.08.